The maximum Gasteiger partial charge on any atom is 0.302 e. The molecule has 0 aliphatic rings. The molecule has 3 nitrogen and oxygen atoms in total. The first kappa shape index (κ1) is 14.8. The Kier molecular flexibility index (Phi) is 10.2. The van der Waals surface area contributed by atoms with Crippen LogP contribution < -0.4 is 0 Å². The minimum absolute atomic E-state index is 0.289. The minimum Gasteiger partial charge on any atom is -0.616 e. The van der Waals surface area contributed by atoms with Crippen molar-refractivity contribution in [1.82, 2.24) is 0 Å². The van der Waals surface area contributed by atoms with E-state index in [1.165, 1.54) is 26.2 Å². The quantitative estimate of drug-likeness (QED) is 0.349. The van der Waals surface area contributed by atoms with Crippen LogP contribution in [-0.2, 0) is 20.7 Å². The molecule has 0 aromatic heterocycles. The van der Waals surface area contributed by atoms with Crippen LogP contribution in [0.1, 0.15) is 46.0 Å². The van der Waals surface area contributed by atoms with Crippen molar-refractivity contribution >= 4 is 17.1 Å². The number of hydrogen-bond donors (Lipinski definition) is 0. The van der Waals surface area contributed by atoms with E-state index in [0.717, 1.165) is 18.6 Å². The molecule has 0 saturated heterocycles. The monoisotopic (exact) mass is 234 g/mol. The predicted molar refractivity (Wildman–Crippen MR) is 63.3 cm³/mol. The average Bonchev–Trinajstić information content (AvgIpc) is 2.17. The van der Waals surface area contributed by atoms with E-state index < -0.39 is 11.2 Å². The molecule has 0 saturated carbocycles. The van der Waals surface area contributed by atoms with Crippen LogP contribution >= 0.6 is 0 Å². The van der Waals surface area contributed by atoms with E-state index in [1.807, 2.05) is 0 Å². The topological polar surface area (TPSA) is 49.4 Å². The van der Waals surface area contributed by atoms with Gasteiger partial charge in [0.15, 0.2) is 0 Å². The number of carbonyl (C=O) groups excluding carboxylic acids is 1. The second-order valence-corrected chi connectivity index (χ2v) is 5.30. The number of rotatable bonds is 9. The van der Waals surface area contributed by atoms with Gasteiger partial charge in [0.2, 0.25) is 0 Å². The van der Waals surface area contributed by atoms with Crippen molar-refractivity contribution in [3.05, 3.63) is 0 Å². The van der Waals surface area contributed by atoms with Gasteiger partial charge in [-0.25, -0.2) is 0 Å². The number of ether oxygens (including phenoxy) is 1. The third-order valence-electron chi connectivity index (χ3n) is 2.09. The zero-order chi connectivity index (χ0) is 11.5. The van der Waals surface area contributed by atoms with E-state index in [4.69, 9.17) is 4.74 Å². The van der Waals surface area contributed by atoms with Crippen molar-refractivity contribution in [3.8, 4) is 0 Å². The summed E-state index contributed by atoms with van der Waals surface area (Å²) in [6, 6.07) is 0. The van der Waals surface area contributed by atoms with E-state index in [1.54, 1.807) is 0 Å². The molecule has 0 aliphatic heterocycles. The first-order valence-corrected chi connectivity index (χ1v) is 7.14. The molecule has 0 amide bonds. The Labute approximate surface area is 95.8 Å². The van der Waals surface area contributed by atoms with E-state index in [0.29, 0.717) is 5.75 Å². The fraction of sp³-hybridized carbons (Fsp3) is 0.909. The number of hydrogen-bond acceptors (Lipinski definition) is 3. The molecule has 0 spiro atoms. The highest BCUT2D eigenvalue weighted by Crippen LogP contribution is 2.05. The largest absolute Gasteiger partial charge is 0.616 e. The molecular weight excluding hydrogens is 212 g/mol. The summed E-state index contributed by atoms with van der Waals surface area (Å²) >= 11 is -0.819. The van der Waals surface area contributed by atoms with Gasteiger partial charge in [0.05, 0.1) is 0 Å². The number of carbonyl (C=O) groups is 1. The van der Waals surface area contributed by atoms with Crippen molar-refractivity contribution < 1.29 is 14.1 Å². The van der Waals surface area contributed by atoms with Crippen LogP contribution in [0.15, 0.2) is 0 Å². The van der Waals surface area contributed by atoms with Gasteiger partial charge in [-0.3, -0.25) is 4.79 Å². The molecule has 0 radical (unpaired) electrons. The molecule has 0 bridgehead atoms. The lowest BCUT2D eigenvalue weighted by atomic mass is 10.2. The van der Waals surface area contributed by atoms with Gasteiger partial charge in [-0.2, -0.15) is 0 Å². The van der Waals surface area contributed by atoms with Gasteiger partial charge in [0.25, 0.3) is 0 Å². The van der Waals surface area contributed by atoms with Crippen molar-refractivity contribution in [2.75, 3.05) is 18.1 Å². The fourth-order valence-corrected chi connectivity index (χ4v) is 2.25. The zero-order valence-corrected chi connectivity index (χ0v) is 10.6. The molecule has 0 aromatic rings. The first-order chi connectivity index (χ1) is 7.16. The highest BCUT2D eigenvalue weighted by atomic mass is 32.2. The lowest BCUT2D eigenvalue weighted by Crippen LogP contribution is -2.17. The van der Waals surface area contributed by atoms with Crippen LogP contribution in [0.5, 0.6) is 0 Å². The third kappa shape index (κ3) is 11.7. The SMILES string of the molecule is CCCCCCC[S+]([O-])CCOC(C)=O. The van der Waals surface area contributed by atoms with Gasteiger partial charge >= 0.3 is 5.97 Å². The minimum atomic E-state index is -0.819. The summed E-state index contributed by atoms with van der Waals surface area (Å²) in [4.78, 5) is 10.4. The molecule has 15 heavy (non-hydrogen) atoms. The maximum absolute atomic E-state index is 11.4. The van der Waals surface area contributed by atoms with Crippen molar-refractivity contribution in [1.29, 1.82) is 0 Å². The van der Waals surface area contributed by atoms with Gasteiger partial charge in [-0.05, 0) is 12.8 Å². The van der Waals surface area contributed by atoms with Crippen LogP contribution in [-0.4, -0.2) is 28.6 Å². The van der Waals surface area contributed by atoms with E-state index in [2.05, 4.69) is 6.92 Å². The average molecular weight is 234 g/mol. The second kappa shape index (κ2) is 10.3. The highest BCUT2D eigenvalue weighted by molar-refractivity contribution is 7.91. The molecule has 0 heterocycles. The summed E-state index contributed by atoms with van der Waals surface area (Å²) in [5, 5.41) is 0. The van der Waals surface area contributed by atoms with Crippen molar-refractivity contribution in [2.45, 2.75) is 46.0 Å². The smallest absolute Gasteiger partial charge is 0.302 e. The van der Waals surface area contributed by atoms with Gasteiger partial charge in [0.1, 0.15) is 18.1 Å². The molecule has 0 rings (SSSR count). The predicted octanol–water partition coefficient (Wildman–Crippen LogP) is 2.27. The van der Waals surface area contributed by atoms with Crippen LogP contribution in [0, 0.1) is 0 Å². The Morgan fingerprint density at radius 3 is 2.47 bits per heavy atom. The molecule has 90 valence electrons. The second-order valence-electron chi connectivity index (χ2n) is 3.60. The van der Waals surface area contributed by atoms with Gasteiger partial charge < -0.3 is 9.29 Å². The van der Waals surface area contributed by atoms with Crippen LogP contribution in [0.3, 0.4) is 0 Å². The summed E-state index contributed by atoms with van der Waals surface area (Å²) in [6.07, 6.45) is 5.91. The maximum atomic E-state index is 11.4. The van der Waals surface area contributed by atoms with E-state index in [-0.39, 0.29) is 12.6 Å². The summed E-state index contributed by atoms with van der Waals surface area (Å²) in [7, 11) is 0. The first-order valence-electron chi connectivity index (χ1n) is 5.65. The van der Waals surface area contributed by atoms with Gasteiger partial charge in [-0.15, -0.1) is 0 Å². The van der Waals surface area contributed by atoms with Crippen LogP contribution in [0.25, 0.3) is 0 Å². The van der Waals surface area contributed by atoms with Crippen LogP contribution in [0.2, 0.25) is 0 Å². The summed E-state index contributed by atoms with van der Waals surface area (Å²) in [6.45, 7) is 3.84. The Morgan fingerprint density at radius 1 is 1.20 bits per heavy atom. The summed E-state index contributed by atoms with van der Waals surface area (Å²) < 4.78 is 16.1. The molecule has 1 unspecified atom stereocenters. The van der Waals surface area contributed by atoms with Gasteiger partial charge in [0, 0.05) is 6.92 Å². The number of esters is 1. The standard InChI is InChI=1S/C11H22O3S/c1-3-4-5-6-7-9-15(13)10-8-14-11(2)12/h3-10H2,1-2H3. The summed E-state index contributed by atoms with van der Waals surface area (Å²) in [5.74, 6) is 0.924. The molecule has 0 fully saturated rings. The molecule has 0 aliphatic carbocycles. The highest BCUT2D eigenvalue weighted by Gasteiger charge is 2.06. The molecular formula is C11H22O3S. The van der Waals surface area contributed by atoms with Crippen LogP contribution in [0.4, 0.5) is 0 Å². The Balaban J connectivity index is 3.18. The molecule has 4 heteroatoms. The Hall–Kier alpha value is -0.220. The number of unbranched alkanes of at least 4 members (excludes halogenated alkanes) is 4. The van der Waals surface area contributed by atoms with Gasteiger partial charge in [-0.1, -0.05) is 37.4 Å². The summed E-state index contributed by atoms with van der Waals surface area (Å²) in [5.41, 5.74) is 0. The Morgan fingerprint density at radius 2 is 1.87 bits per heavy atom. The third-order valence-corrected chi connectivity index (χ3v) is 3.46. The molecule has 1 atom stereocenters. The molecule has 0 N–H and O–H groups in total. The zero-order valence-electron chi connectivity index (χ0n) is 9.79. The fourth-order valence-electron chi connectivity index (χ4n) is 1.25. The van der Waals surface area contributed by atoms with Crippen molar-refractivity contribution in [2.24, 2.45) is 0 Å². The van der Waals surface area contributed by atoms with E-state index in [9.17, 15) is 9.35 Å². The van der Waals surface area contributed by atoms with Crippen molar-refractivity contribution in [3.63, 3.8) is 0 Å². The Bertz CT molecular complexity index is 162. The lowest BCUT2D eigenvalue weighted by molar-refractivity contribution is -0.140. The molecule has 0 aromatic carbocycles. The van der Waals surface area contributed by atoms with E-state index >= 15 is 0 Å². The lowest BCUT2D eigenvalue weighted by Gasteiger charge is -2.10. The normalized spacial score (nSPS) is 12.5.